The van der Waals surface area contributed by atoms with Crippen molar-refractivity contribution in [2.24, 2.45) is 0 Å². The molecule has 0 fully saturated rings. The van der Waals surface area contributed by atoms with Gasteiger partial charge in [0.25, 0.3) is 0 Å². The first kappa shape index (κ1) is 15.7. The molecule has 0 radical (unpaired) electrons. The Morgan fingerprint density at radius 2 is 2.13 bits per heavy atom. The van der Waals surface area contributed by atoms with Crippen molar-refractivity contribution in [3.8, 4) is 0 Å². The second-order valence-electron chi connectivity index (χ2n) is 5.74. The number of aryl methyl sites for hydroxylation is 2. The van der Waals surface area contributed by atoms with Crippen LogP contribution in [0.4, 0.5) is 5.69 Å². The van der Waals surface area contributed by atoms with Crippen LogP contribution in [0.1, 0.15) is 23.4 Å². The van der Waals surface area contributed by atoms with Gasteiger partial charge < -0.3 is 9.42 Å². The summed E-state index contributed by atoms with van der Waals surface area (Å²) in [6, 6.07) is 9.19. The van der Waals surface area contributed by atoms with Crippen molar-refractivity contribution in [3.63, 3.8) is 0 Å². The highest BCUT2D eigenvalue weighted by atomic mass is 32.2. The smallest absolute Gasteiger partial charge is 0.242 e. The number of carbonyl (C=O) groups is 1. The number of benzene rings is 1. The molecule has 2 heterocycles. The third kappa shape index (κ3) is 3.61. The number of fused-ring (bicyclic) bond motifs is 1. The molecule has 23 heavy (non-hydrogen) atoms. The number of anilines is 1. The number of rotatable bonds is 4. The summed E-state index contributed by atoms with van der Waals surface area (Å²) >= 11 is 0. The van der Waals surface area contributed by atoms with Gasteiger partial charge in [-0.2, -0.15) is 0 Å². The summed E-state index contributed by atoms with van der Waals surface area (Å²) in [6.45, 7) is 2.24. The highest BCUT2D eigenvalue weighted by molar-refractivity contribution is 7.91. The van der Waals surface area contributed by atoms with Crippen LogP contribution < -0.4 is 4.90 Å². The Labute approximate surface area is 135 Å². The van der Waals surface area contributed by atoms with Crippen LogP contribution in [0.25, 0.3) is 0 Å². The highest BCUT2D eigenvalue weighted by Gasteiger charge is 2.27. The Kier molecular flexibility index (Phi) is 4.21. The maximum Gasteiger partial charge on any atom is 0.242 e. The lowest BCUT2D eigenvalue weighted by molar-refractivity contribution is -0.116. The Bertz CT molecular complexity index is 826. The zero-order valence-electron chi connectivity index (χ0n) is 12.9. The molecule has 1 amide bonds. The summed E-state index contributed by atoms with van der Waals surface area (Å²) < 4.78 is 29.4. The molecule has 7 heteroatoms. The predicted octanol–water partition coefficient (Wildman–Crippen LogP) is 1.88. The van der Waals surface area contributed by atoms with E-state index in [2.05, 4.69) is 5.16 Å². The lowest BCUT2D eigenvalue weighted by atomic mass is 10.0. The van der Waals surface area contributed by atoms with Crippen LogP contribution in [-0.2, 0) is 26.8 Å². The molecule has 0 saturated carbocycles. The molecule has 1 aliphatic heterocycles. The molecule has 1 aromatic carbocycles. The molecule has 3 rings (SSSR count). The van der Waals surface area contributed by atoms with Gasteiger partial charge in [-0.1, -0.05) is 23.4 Å². The molecule has 0 unspecified atom stereocenters. The van der Waals surface area contributed by atoms with E-state index in [0.717, 1.165) is 24.1 Å². The van der Waals surface area contributed by atoms with E-state index < -0.39 is 21.5 Å². The van der Waals surface area contributed by atoms with Crippen LogP contribution in [0.3, 0.4) is 0 Å². The normalized spacial score (nSPS) is 14.6. The third-order valence-electron chi connectivity index (χ3n) is 3.80. The topological polar surface area (TPSA) is 80.5 Å². The van der Waals surface area contributed by atoms with E-state index in [1.165, 1.54) is 0 Å². The summed E-state index contributed by atoms with van der Waals surface area (Å²) in [7, 11) is -3.59. The van der Waals surface area contributed by atoms with E-state index in [1.54, 1.807) is 17.9 Å². The fraction of sp³-hybridized carbons (Fsp3) is 0.375. The number of hydrogen-bond donors (Lipinski definition) is 0. The van der Waals surface area contributed by atoms with E-state index in [-0.39, 0.29) is 5.75 Å². The molecule has 0 bridgehead atoms. The van der Waals surface area contributed by atoms with Gasteiger partial charge in [-0.25, -0.2) is 8.42 Å². The lowest BCUT2D eigenvalue weighted by Gasteiger charge is -2.29. The molecular formula is C16H18N2O4S. The van der Waals surface area contributed by atoms with Gasteiger partial charge in [0.15, 0.2) is 9.84 Å². The van der Waals surface area contributed by atoms with Gasteiger partial charge in [-0.15, -0.1) is 0 Å². The summed E-state index contributed by atoms with van der Waals surface area (Å²) in [5.41, 5.74) is 2.22. The van der Waals surface area contributed by atoms with E-state index in [4.69, 9.17) is 4.52 Å². The van der Waals surface area contributed by atoms with E-state index >= 15 is 0 Å². The van der Waals surface area contributed by atoms with Crippen molar-refractivity contribution in [3.05, 3.63) is 47.3 Å². The van der Waals surface area contributed by atoms with Crippen LogP contribution in [0.5, 0.6) is 0 Å². The quantitative estimate of drug-likeness (QED) is 0.853. The van der Waals surface area contributed by atoms with Gasteiger partial charge in [0, 0.05) is 18.3 Å². The minimum absolute atomic E-state index is 0.286. The second kappa shape index (κ2) is 6.16. The molecular weight excluding hydrogens is 316 g/mol. The number of amides is 1. The molecule has 0 aliphatic carbocycles. The molecule has 1 aliphatic rings. The largest absolute Gasteiger partial charge is 0.361 e. The summed E-state index contributed by atoms with van der Waals surface area (Å²) in [5, 5.41) is 3.68. The fourth-order valence-corrected chi connectivity index (χ4v) is 4.04. The number of sulfone groups is 1. The van der Waals surface area contributed by atoms with Crippen LogP contribution in [0.2, 0.25) is 0 Å². The van der Waals surface area contributed by atoms with Crippen LogP contribution in [0, 0.1) is 6.92 Å². The zero-order valence-corrected chi connectivity index (χ0v) is 13.7. The molecule has 0 spiro atoms. The monoisotopic (exact) mass is 334 g/mol. The minimum Gasteiger partial charge on any atom is -0.361 e. The lowest BCUT2D eigenvalue weighted by Crippen LogP contribution is -2.39. The first-order chi connectivity index (χ1) is 10.9. The number of hydrogen-bond acceptors (Lipinski definition) is 5. The van der Waals surface area contributed by atoms with Crippen LogP contribution in [-0.4, -0.2) is 31.8 Å². The molecule has 0 N–H and O–H groups in total. The van der Waals surface area contributed by atoms with Crippen molar-refractivity contribution < 1.29 is 17.7 Å². The van der Waals surface area contributed by atoms with Crippen molar-refractivity contribution in [2.75, 3.05) is 17.2 Å². The molecule has 6 nitrogen and oxygen atoms in total. The molecule has 0 saturated heterocycles. The number of carbonyl (C=O) groups excluding carboxylic acids is 1. The van der Waals surface area contributed by atoms with Gasteiger partial charge in [-0.3, -0.25) is 4.79 Å². The maximum absolute atomic E-state index is 12.5. The van der Waals surface area contributed by atoms with Gasteiger partial charge in [-0.05, 0) is 31.4 Å². The fourth-order valence-electron chi connectivity index (χ4n) is 2.82. The average Bonchev–Trinajstić information content (AvgIpc) is 2.90. The average molecular weight is 334 g/mol. The van der Waals surface area contributed by atoms with Crippen LogP contribution in [0.15, 0.2) is 34.9 Å². The highest BCUT2D eigenvalue weighted by Crippen LogP contribution is 2.27. The minimum atomic E-state index is -3.59. The SMILES string of the molecule is Cc1cc(CS(=O)(=O)CC(=O)N2CCCc3ccccc32)no1. The molecule has 1 aromatic heterocycles. The maximum atomic E-state index is 12.5. The van der Waals surface area contributed by atoms with E-state index in [0.29, 0.717) is 18.0 Å². The summed E-state index contributed by atoms with van der Waals surface area (Å²) in [6.07, 6.45) is 1.75. The summed E-state index contributed by atoms with van der Waals surface area (Å²) in [5.74, 6) is -0.650. The van der Waals surface area contributed by atoms with Gasteiger partial charge in [0.2, 0.25) is 5.91 Å². The first-order valence-corrected chi connectivity index (χ1v) is 9.28. The van der Waals surface area contributed by atoms with E-state index in [9.17, 15) is 13.2 Å². The molecule has 0 atom stereocenters. The first-order valence-electron chi connectivity index (χ1n) is 7.45. The standard InChI is InChI=1S/C16H18N2O4S/c1-12-9-14(17-22-12)10-23(20,21)11-16(19)18-8-4-6-13-5-2-3-7-15(13)18/h2-3,5,7,9H,4,6,8,10-11H2,1H3. The molecule has 2 aromatic rings. The Morgan fingerprint density at radius 3 is 2.87 bits per heavy atom. The van der Waals surface area contributed by atoms with Crippen molar-refractivity contribution >= 4 is 21.4 Å². The van der Waals surface area contributed by atoms with E-state index in [1.807, 2.05) is 24.3 Å². The number of aromatic nitrogens is 1. The zero-order chi connectivity index (χ0) is 16.4. The second-order valence-corrected chi connectivity index (χ2v) is 7.80. The van der Waals surface area contributed by atoms with Crippen molar-refractivity contribution in [2.45, 2.75) is 25.5 Å². The Morgan fingerprint density at radius 1 is 1.35 bits per heavy atom. The van der Waals surface area contributed by atoms with Gasteiger partial charge in [0.1, 0.15) is 11.5 Å². The van der Waals surface area contributed by atoms with Crippen molar-refractivity contribution in [1.29, 1.82) is 0 Å². The van der Waals surface area contributed by atoms with Gasteiger partial charge >= 0.3 is 0 Å². The van der Waals surface area contributed by atoms with Crippen molar-refractivity contribution in [1.82, 2.24) is 5.16 Å². The number of para-hydroxylation sites is 1. The molecule has 122 valence electrons. The number of nitrogens with zero attached hydrogens (tertiary/aromatic N) is 2. The predicted molar refractivity (Wildman–Crippen MR) is 85.8 cm³/mol. The Hall–Kier alpha value is -2.15. The van der Waals surface area contributed by atoms with Gasteiger partial charge in [0.05, 0.1) is 11.4 Å². The summed E-state index contributed by atoms with van der Waals surface area (Å²) in [4.78, 5) is 14.0. The third-order valence-corrected chi connectivity index (χ3v) is 5.22. The Balaban J connectivity index is 1.74. The van der Waals surface area contributed by atoms with Crippen LogP contribution >= 0.6 is 0 Å².